The van der Waals surface area contributed by atoms with Crippen LogP contribution in [-0.4, -0.2) is 44.6 Å². The second-order valence-corrected chi connectivity index (χ2v) is 7.09. The number of aliphatic hydroxyl groups excluding tert-OH is 1. The first-order valence-corrected chi connectivity index (χ1v) is 7.92. The molecule has 0 atom stereocenters. The molecule has 1 aliphatic rings. The molecule has 1 aliphatic heterocycles. The number of aliphatic hydroxyl groups is 1. The summed E-state index contributed by atoms with van der Waals surface area (Å²) in [4.78, 5) is 13.8. The number of ether oxygens (including phenoxy) is 1. The number of hydrogen-bond acceptors (Lipinski definition) is 4. The number of carbonyl (C=O) groups is 1. The molecule has 0 radical (unpaired) electrons. The minimum absolute atomic E-state index is 0.0487. The fourth-order valence-corrected chi connectivity index (χ4v) is 2.85. The molecule has 2 rings (SSSR count). The highest BCUT2D eigenvalue weighted by Gasteiger charge is 2.28. The molecule has 1 saturated heterocycles. The van der Waals surface area contributed by atoms with E-state index >= 15 is 0 Å². The molecule has 1 aromatic heterocycles. The average molecular weight is 360 g/mol. The Morgan fingerprint density at radius 2 is 2.10 bits per heavy atom. The lowest BCUT2D eigenvalue weighted by molar-refractivity contribution is 0.0182. The molecular weight excluding hydrogens is 338 g/mol. The molecule has 0 spiro atoms. The van der Waals surface area contributed by atoms with Crippen molar-refractivity contribution in [2.24, 2.45) is 0 Å². The fraction of sp³-hybridized carbons (Fsp3) is 0.714. The van der Waals surface area contributed by atoms with E-state index in [1.807, 2.05) is 25.5 Å². The highest BCUT2D eigenvalue weighted by molar-refractivity contribution is 9.10. The predicted molar refractivity (Wildman–Crippen MR) is 81.9 cm³/mol. The van der Waals surface area contributed by atoms with Crippen molar-refractivity contribution in [3.05, 3.63) is 16.4 Å². The van der Waals surface area contributed by atoms with Crippen LogP contribution in [0.3, 0.4) is 0 Å². The lowest BCUT2D eigenvalue weighted by Crippen LogP contribution is -2.42. The summed E-state index contributed by atoms with van der Waals surface area (Å²) in [6.45, 7) is 6.84. The van der Waals surface area contributed by atoms with Crippen LogP contribution in [0.15, 0.2) is 10.7 Å². The molecule has 1 aromatic rings. The molecule has 1 N–H and O–H groups in total. The Morgan fingerprint density at radius 3 is 2.62 bits per heavy atom. The zero-order chi connectivity index (χ0) is 15.6. The first-order chi connectivity index (χ1) is 9.81. The van der Waals surface area contributed by atoms with Gasteiger partial charge in [0.15, 0.2) is 0 Å². The van der Waals surface area contributed by atoms with E-state index < -0.39 is 5.60 Å². The number of nitrogens with zero attached hydrogens (tertiary/aromatic N) is 3. The van der Waals surface area contributed by atoms with Crippen molar-refractivity contribution in [3.8, 4) is 0 Å². The summed E-state index contributed by atoms with van der Waals surface area (Å²) in [7, 11) is 0. The first-order valence-electron chi connectivity index (χ1n) is 7.12. The number of rotatable bonds is 2. The van der Waals surface area contributed by atoms with Gasteiger partial charge in [-0.1, -0.05) is 0 Å². The van der Waals surface area contributed by atoms with Crippen molar-refractivity contribution in [1.82, 2.24) is 14.7 Å². The Bertz CT molecular complexity index is 502. The third kappa shape index (κ3) is 3.97. The molecule has 7 heteroatoms. The van der Waals surface area contributed by atoms with Crippen molar-refractivity contribution >= 4 is 22.0 Å². The van der Waals surface area contributed by atoms with E-state index in [1.54, 1.807) is 11.1 Å². The van der Waals surface area contributed by atoms with Crippen LogP contribution in [0.1, 0.15) is 45.3 Å². The van der Waals surface area contributed by atoms with Gasteiger partial charge in [-0.3, -0.25) is 4.68 Å². The number of carbonyl (C=O) groups excluding carboxylic acids is 1. The second-order valence-electron chi connectivity index (χ2n) is 6.24. The lowest BCUT2D eigenvalue weighted by Gasteiger charge is -2.34. The molecule has 1 amide bonds. The maximum absolute atomic E-state index is 12.0. The van der Waals surface area contributed by atoms with E-state index in [-0.39, 0.29) is 18.7 Å². The molecule has 21 heavy (non-hydrogen) atoms. The van der Waals surface area contributed by atoms with Crippen LogP contribution in [0.2, 0.25) is 0 Å². The van der Waals surface area contributed by atoms with Crippen molar-refractivity contribution < 1.29 is 14.6 Å². The molecule has 0 aromatic carbocycles. The highest BCUT2D eigenvalue weighted by atomic mass is 79.9. The zero-order valence-electron chi connectivity index (χ0n) is 12.7. The van der Waals surface area contributed by atoms with Gasteiger partial charge >= 0.3 is 6.09 Å². The third-order valence-electron chi connectivity index (χ3n) is 3.46. The summed E-state index contributed by atoms with van der Waals surface area (Å²) in [5, 5.41) is 13.7. The predicted octanol–water partition coefficient (Wildman–Crippen LogP) is 2.71. The Hall–Kier alpha value is -1.08. The topological polar surface area (TPSA) is 67.6 Å². The maximum atomic E-state index is 12.0. The van der Waals surface area contributed by atoms with Crippen LogP contribution in [-0.2, 0) is 11.3 Å². The second kappa shape index (κ2) is 6.36. The number of amides is 1. The SMILES string of the molecule is CC(C)(C)OC(=O)N1CCC(n2ncc(Br)c2CO)CC1. The van der Waals surface area contributed by atoms with Crippen LogP contribution in [0.25, 0.3) is 0 Å². The standard InChI is InChI=1S/C14H22BrN3O3/c1-14(2,3)21-13(20)17-6-4-10(5-7-17)18-12(9-19)11(15)8-16-18/h8,10,19H,4-7,9H2,1-3H3. The monoisotopic (exact) mass is 359 g/mol. The molecule has 0 bridgehead atoms. The van der Waals surface area contributed by atoms with E-state index in [9.17, 15) is 9.90 Å². The Balaban J connectivity index is 1.95. The minimum Gasteiger partial charge on any atom is -0.444 e. The first kappa shape index (κ1) is 16.3. The Kier molecular flexibility index (Phi) is 4.93. The van der Waals surface area contributed by atoms with Crippen molar-refractivity contribution in [2.45, 2.75) is 51.9 Å². The minimum atomic E-state index is -0.467. The van der Waals surface area contributed by atoms with Crippen LogP contribution < -0.4 is 0 Å². The number of hydrogen-bond donors (Lipinski definition) is 1. The molecule has 0 saturated carbocycles. The van der Waals surface area contributed by atoms with Crippen LogP contribution in [0.5, 0.6) is 0 Å². The van der Waals surface area contributed by atoms with Crippen molar-refractivity contribution in [1.29, 1.82) is 0 Å². The van der Waals surface area contributed by atoms with Gasteiger partial charge < -0.3 is 14.7 Å². The van der Waals surface area contributed by atoms with E-state index in [0.29, 0.717) is 13.1 Å². The summed E-state index contributed by atoms with van der Waals surface area (Å²) >= 11 is 3.38. The molecule has 1 fully saturated rings. The summed E-state index contributed by atoms with van der Waals surface area (Å²) in [5.74, 6) is 0. The molecule has 118 valence electrons. The smallest absolute Gasteiger partial charge is 0.410 e. The largest absolute Gasteiger partial charge is 0.444 e. The normalized spacial score (nSPS) is 17.1. The molecule has 6 nitrogen and oxygen atoms in total. The van der Waals surface area contributed by atoms with Gasteiger partial charge in [0.05, 0.1) is 29.0 Å². The van der Waals surface area contributed by atoms with E-state index in [1.165, 1.54) is 0 Å². The van der Waals surface area contributed by atoms with E-state index in [4.69, 9.17) is 4.74 Å². The number of halogens is 1. The summed E-state index contributed by atoms with van der Waals surface area (Å²) in [6, 6.07) is 0.206. The van der Waals surface area contributed by atoms with Crippen LogP contribution in [0.4, 0.5) is 4.79 Å². The summed E-state index contributed by atoms with van der Waals surface area (Å²) in [5.41, 5.74) is 0.316. The lowest BCUT2D eigenvalue weighted by atomic mass is 10.1. The van der Waals surface area contributed by atoms with Crippen molar-refractivity contribution in [3.63, 3.8) is 0 Å². The van der Waals surface area contributed by atoms with Crippen molar-refractivity contribution in [2.75, 3.05) is 13.1 Å². The van der Waals surface area contributed by atoms with Gasteiger partial charge in [0, 0.05) is 13.1 Å². The number of piperidine rings is 1. The summed E-state index contributed by atoms with van der Waals surface area (Å²) in [6.07, 6.45) is 3.05. The van der Waals surface area contributed by atoms with Crippen LogP contribution in [0, 0.1) is 0 Å². The number of likely N-dealkylation sites (tertiary alicyclic amines) is 1. The van der Waals surface area contributed by atoms with E-state index in [2.05, 4.69) is 21.0 Å². The maximum Gasteiger partial charge on any atom is 0.410 e. The van der Waals surface area contributed by atoms with Gasteiger partial charge in [-0.2, -0.15) is 5.10 Å². The quantitative estimate of drug-likeness (QED) is 0.881. The zero-order valence-corrected chi connectivity index (χ0v) is 14.3. The highest BCUT2D eigenvalue weighted by Crippen LogP contribution is 2.27. The molecule has 0 aliphatic carbocycles. The van der Waals surface area contributed by atoms with Gasteiger partial charge in [-0.05, 0) is 49.5 Å². The molecule has 0 unspecified atom stereocenters. The van der Waals surface area contributed by atoms with Gasteiger partial charge in [-0.15, -0.1) is 0 Å². The van der Waals surface area contributed by atoms with Gasteiger partial charge in [0.1, 0.15) is 5.60 Å². The van der Waals surface area contributed by atoms with E-state index in [0.717, 1.165) is 23.0 Å². The van der Waals surface area contributed by atoms with Gasteiger partial charge in [-0.25, -0.2) is 4.79 Å². The molecular formula is C14H22BrN3O3. The number of aromatic nitrogens is 2. The Morgan fingerprint density at radius 1 is 1.48 bits per heavy atom. The fourth-order valence-electron chi connectivity index (χ4n) is 2.45. The van der Waals surface area contributed by atoms with Crippen LogP contribution >= 0.6 is 15.9 Å². The summed E-state index contributed by atoms with van der Waals surface area (Å²) < 4.78 is 8.06. The molecule has 2 heterocycles. The average Bonchev–Trinajstić information content (AvgIpc) is 2.78. The Labute approximate surface area is 133 Å². The van der Waals surface area contributed by atoms with Gasteiger partial charge in [0.25, 0.3) is 0 Å². The third-order valence-corrected chi connectivity index (χ3v) is 4.12. The van der Waals surface area contributed by atoms with Gasteiger partial charge in [0.2, 0.25) is 0 Å².